The zero-order valence-corrected chi connectivity index (χ0v) is 14.1. The quantitative estimate of drug-likeness (QED) is 0.733. The highest BCUT2D eigenvalue weighted by atomic mass is 19.4. The fourth-order valence-electron chi connectivity index (χ4n) is 2.52. The molecule has 2 atom stereocenters. The van der Waals surface area contributed by atoms with E-state index in [1.165, 1.54) is 12.1 Å². The number of aliphatic hydroxyl groups excluding tert-OH is 1. The van der Waals surface area contributed by atoms with E-state index in [9.17, 15) is 23.1 Å². The molecule has 1 heterocycles. The van der Waals surface area contributed by atoms with Crippen molar-refractivity contribution in [1.29, 1.82) is 0 Å². The maximum atomic E-state index is 12.6. The van der Waals surface area contributed by atoms with Crippen LogP contribution in [0.25, 0.3) is 0 Å². The Morgan fingerprint density at radius 2 is 1.88 bits per heavy atom. The van der Waals surface area contributed by atoms with Gasteiger partial charge in [0.2, 0.25) is 5.91 Å². The number of nitrogens with one attached hydrogen (secondary N) is 1. The molecule has 0 aliphatic carbocycles. The minimum absolute atomic E-state index is 0.0126. The van der Waals surface area contributed by atoms with Crippen LogP contribution in [0.2, 0.25) is 0 Å². The minimum Gasteiger partial charge on any atom is -0.386 e. The summed E-state index contributed by atoms with van der Waals surface area (Å²) in [4.78, 5) is 16.2. The number of carbonyl (C=O) groups is 1. The first-order valence-corrected chi connectivity index (χ1v) is 8.06. The smallest absolute Gasteiger partial charge is 0.386 e. The third kappa shape index (κ3) is 5.19. The number of hydrogen-bond acceptors (Lipinski definition) is 4. The molecular weight excluding hydrogens is 347 g/mol. The van der Waals surface area contributed by atoms with Crippen LogP contribution in [0.5, 0.6) is 0 Å². The second kappa shape index (κ2) is 8.18. The molecule has 1 aromatic carbocycles. The standard InChI is InChI=1S/C18H20F3N3O2/c1-2-14(24-16(25)10-13-4-3-5-15(22)23-13)17(26)11-6-8-12(9-7-11)18(19,20)21/h3-9,14,17,26H,2,10H2,1H3,(H2,22,23)(H,24,25). The number of carbonyl (C=O) groups excluding carboxylic acids is 1. The Bertz CT molecular complexity index is 748. The van der Waals surface area contributed by atoms with Gasteiger partial charge in [0.15, 0.2) is 0 Å². The number of alkyl halides is 3. The molecule has 0 saturated carbocycles. The predicted octanol–water partition coefficient (Wildman–Crippen LogP) is 2.85. The second-order valence-electron chi connectivity index (χ2n) is 5.88. The molecule has 0 aliphatic rings. The Balaban J connectivity index is 2.03. The maximum Gasteiger partial charge on any atom is 0.416 e. The number of halogens is 3. The highest BCUT2D eigenvalue weighted by Crippen LogP contribution is 2.30. The lowest BCUT2D eigenvalue weighted by molar-refractivity contribution is -0.137. The summed E-state index contributed by atoms with van der Waals surface area (Å²) < 4.78 is 37.9. The van der Waals surface area contributed by atoms with Crippen molar-refractivity contribution in [2.45, 2.75) is 38.1 Å². The zero-order chi connectivity index (χ0) is 19.3. The summed E-state index contributed by atoms with van der Waals surface area (Å²) in [7, 11) is 0. The van der Waals surface area contributed by atoms with Crippen molar-refractivity contribution in [1.82, 2.24) is 10.3 Å². The molecule has 0 spiro atoms. The first-order chi connectivity index (χ1) is 12.2. The van der Waals surface area contributed by atoms with Crippen LogP contribution in [0.15, 0.2) is 42.5 Å². The Labute approximate surface area is 149 Å². The van der Waals surface area contributed by atoms with Crippen LogP contribution in [-0.4, -0.2) is 22.0 Å². The van der Waals surface area contributed by atoms with Gasteiger partial charge in [-0.15, -0.1) is 0 Å². The third-order valence-corrected chi connectivity index (χ3v) is 3.92. The molecule has 0 radical (unpaired) electrons. The Morgan fingerprint density at radius 3 is 2.42 bits per heavy atom. The summed E-state index contributed by atoms with van der Waals surface area (Å²) in [6, 6.07) is 8.53. The molecule has 0 bridgehead atoms. The van der Waals surface area contributed by atoms with Gasteiger partial charge < -0.3 is 16.2 Å². The van der Waals surface area contributed by atoms with E-state index >= 15 is 0 Å². The van der Waals surface area contributed by atoms with E-state index in [1.807, 2.05) is 0 Å². The lowest BCUT2D eigenvalue weighted by Gasteiger charge is -2.23. The van der Waals surface area contributed by atoms with Gasteiger partial charge in [0.1, 0.15) is 5.82 Å². The predicted molar refractivity (Wildman–Crippen MR) is 91.0 cm³/mol. The first-order valence-electron chi connectivity index (χ1n) is 8.06. The fourth-order valence-corrected chi connectivity index (χ4v) is 2.52. The molecule has 140 valence electrons. The molecule has 0 fully saturated rings. The minimum atomic E-state index is -4.44. The number of nitrogen functional groups attached to an aromatic ring is 1. The summed E-state index contributed by atoms with van der Waals surface area (Å²) >= 11 is 0. The van der Waals surface area contributed by atoms with Crippen LogP contribution in [0.1, 0.15) is 36.3 Å². The molecule has 0 aliphatic heterocycles. The van der Waals surface area contributed by atoms with Crippen LogP contribution in [0.3, 0.4) is 0 Å². The van der Waals surface area contributed by atoms with Gasteiger partial charge >= 0.3 is 6.18 Å². The van der Waals surface area contributed by atoms with E-state index in [4.69, 9.17) is 5.73 Å². The number of anilines is 1. The topological polar surface area (TPSA) is 88.2 Å². The molecule has 4 N–H and O–H groups in total. The van der Waals surface area contributed by atoms with Crippen LogP contribution < -0.4 is 11.1 Å². The monoisotopic (exact) mass is 367 g/mol. The van der Waals surface area contributed by atoms with Crippen molar-refractivity contribution in [2.24, 2.45) is 0 Å². The van der Waals surface area contributed by atoms with E-state index in [0.717, 1.165) is 12.1 Å². The Morgan fingerprint density at radius 1 is 1.23 bits per heavy atom. The van der Waals surface area contributed by atoms with Crippen LogP contribution in [0.4, 0.5) is 19.0 Å². The summed E-state index contributed by atoms with van der Waals surface area (Å²) in [5.41, 5.74) is 5.56. The van der Waals surface area contributed by atoms with Crippen LogP contribution >= 0.6 is 0 Å². The Hall–Kier alpha value is -2.61. The van der Waals surface area contributed by atoms with Gasteiger partial charge in [0, 0.05) is 0 Å². The lowest BCUT2D eigenvalue weighted by atomic mass is 9.98. The number of benzene rings is 1. The first kappa shape index (κ1) is 19.7. The molecule has 2 aromatic rings. The fraction of sp³-hybridized carbons (Fsp3) is 0.333. The molecule has 26 heavy (non-hydrogen) atoms. The number of aliphatic hydroxyl groups is 1. The summed E-state index contributed by atoms with van der Waals surface area (Å²) in [6.07, 6.45) is -5.17. The number of amides is 1. The molecule has 5 nitrogen and oxygen atoms in total. The SMILES string of the molecule is CCC(NC(=O)Cc1cccc(N)n1)C(O)c1ccc(C(F)(F)F)cc1. The van der Waals surface area contributed by atoms with E-state index in [-0.39, 0.29) is 12.3 Å². The van der Waals surface area contributed by atoms with E-state index in [2.05, 4.69) is 10.3 Å². The molecule has 8 heteroatoms. The highest BCUT2D eigenvalue weighted by Gasteiger charge is 2.30. The zero-order valence-electron chi connectivity index (χ0n) is 14.1. The third-order valence-electron chi connectivity index (χ3n) is 3.92. The molecule has 1 amide bonds. The average molecular weight is 367 g/mol. The van der Waals surface area contributed by atoms with Crippen molar-refractivity contribution >= 4 is 11.7 Å². The number of nitrogens with two attached hydrogens (primary N) is 1. The van der Waals surface area contributed by atoms with Gasteiger partial charge in [-0.2, -0.15) is 13.2 Å². The normalized spacial score (nSPS) is 13.9. The number of hydrogen-bond donors (Lipinski definition) is 3. The van der Waals surface area contributed by atoms with Crippen molar-refractivity contribution in [3.05, 3.63) is 59.3 Å². The number of nitrogens with zero attached hydrogens (tertiary/aromatic N) is 1. The summed E-state index contributed by atoms with van der Waals surface area (Å²) in [5.74, 6) is -0.0620. The summed E-state index contributed by atoms with van der Waals surface area (Å²) in [5, 5.41) is 13.1. The number of pyridine rings is 1. The van der Waals surface area contributed by atoms with E-state index < -0.39 is 23.9 Å². The number of rotatable bonds is 6. The summed E-state index contributed by atoms with van der Waals surface area (Å²) in [6.45, 7) is 1.76. The molecule has 2 unspecified atom stereocenters. The number of aromatic nitrogens is 1. The van der Waals surface area contributed by atoms with Gasteiger partial charge in [-0.3, -0.25) is 4.79 Å². The van der Waals surface area contributed by atoms with Gasteiger partial charge in [-0.05, 0) is 36.2 Å². The van der Waals surface area contributed by atoms with E-state index in [0.29, 0.717) is 23.5 Å². The van der Waals surface area contributed by atoms with Gasteiger partial charge in [0.05, 0.1) is 29.8 Å². The van der Waals surface area contributed by atoms with Crippen molar-refractivity contribution in [3.63, 3.8) is 0 Å². The second-order valence-corrected chi connectivity index (χ2v) is 5.88. The Kier molecular flexibility index (Phi) is 6.20. The van der Waals surface area contributed by atoms with Gasteiger partial charge in [0.25, 0.3) is 0 Å². The van der Waals surface area contributed by atoms with Crippen LogP contribution in [0, 0.1) is 0 Å². The molecular formula is C18H20F3N3O2. The molecule has 1 aromatic heterocycles. The van der Waals surface area contributed by atoms with Crippen molar-refractivity contribution < 1.29 is 23.1 Å². The van der Waals surface area contributed by atoms with Gasteiger partial charge in [-0.25, -0.2) is 4.98 Å². The largest absolute Gasteiger partial charge is 0.416 e. The average Bonchev–Trinajstić information content (AvgIpc) is 2.58. The lowest BCUT2D eigenvalue weighted by Crippen LogP contribution is -2.39. The molecule has 0 saturated heterocycles. The highest BCUT2D eigenvalue weighted by molar-refractivity contribution is 5.78. The maximum absolute atomic E-state index is 12.6. The van der Waals surface area contributed by atoms with E-state index in [1.54, 1.807) is 25.1 Å². The van der Waals surface area contributed by atoms with Gasteiger partial charge in [-0.1, -0.05) is 25.1 Å². The van der Waals surface area contributed by atoms with Crippen LogP contribution in [-0.2, 0) is 17.4 Å². The van der Waals surface area contributed by atoms with Crippen molar-refractivity contribution in [2.75, 3.05) is 5.73 Å². The molecule has 2 rings (SSSR count). The van der Waals surface area contributed by atoms with Crippen molar-refractivity contribution in [3.8, 4) is 0 Å².